The molecule has 9 heteroatoms. The minimum absolute atomic E-state index is 0.0405. The van der Waals surface area contributed by atoms with Crippen LogP contribution in [0.1, 0.15) is 29.2 Å². The molecule has 0 bridgehead atoms. The molecule has 2 unspecified atom stereocenters. The summed E-state index contributed by atoms with van der Waals surface area (Å²) in [5.41, 5.74) is -3.72. The van der Waals surface area contributed by atoms with E-state index in [9.17, 15) is 36.6 Å². The number of hydrogen-bond donors (Lipinski definition) is 3. The molecule has 21 heavy (non-hydrogen) atoms. The van der Waals surface area contributed by atoms with E-state index in [4.69, 9.17) is 0 Å². The molecule has 0 aliphatic carbocycles. The zero-order valence-electron chi connectivity index (χ0n) is 10.4. The summed E-state index contributed by atoms with van der Waals surface area (Å²) < 4.78 is 75.7. The van der Waals surface area contributed by atoms with Gasteiger partial charge in [-0.2, -0.15) is 39.0 Å². The van der Waals surface area contributed by atoms with Crippen molar-refractivity contribution in [3.05, 3.63) is 34.9 Å². The Labute approximate surface area is 121 Å². The van der Waals surface area contributed by atoms with Crippen LogP contribution in [0.3, 0.4) is 0 Å². The number of rotatable bonds is 4. The molecular formula is C12H12F6O2S. The second-order valence-corrected chi connectivity index (χ2v) is 4.81. The Bertz CT molecular complexity index is 453. The highest BCUT2D eigenvalue weighted by Crippen LogP contribution is 2.38. The van der Waals surface area contributed by atoms with Crippen molar-refractivity contribution < 1.29 is 36.6 Å². The van der Waals surface area contributed by atoms with Crippen LogP contribution in [0.2, 0.25) is 0 Å². The van der Waals surface area contributed by atoms with E-state index in [-0.39, 0.29) is 18.2 Å². The third kappa shape index (κ3) is 4.79. The molecule has 2 nitrogen and oxygen atoms in total. The molecule has 1 rings (SSSR count). The Hall–Kier alpha value is -0.930. The second-order valence-electron chi connectivity index (χ2n) is 4.36. The first-order chi connectivity index (χ1) is 9.46. The van der Waals surface area contributed by atoms with Gasteiger partial charge in [-0.1, -0.05) is 0 Å². The Balaban J connectivity index is 3.32. The first-order valence-electron chi connectivity index (χ1n) is 5.73. The molecule has 0 spiro atoms. The van der Waals surface area contributed by atoms with Crippen LogP contribution in [0.5, 0.6) is 0 Å². The summed E-state index contributed by atoms with van der Waals surface area (Å²) in [7, 11) is 0. The molecule has 1 aromatic rings. The lowest BCUT2D eigenvalue weighted by Gasteiger charge is -2.20. The van der Waals surface area contributed by atoms with E-state index in [1.807, 2.05) is 0 Å². The summed E-state index contributed by atoms with van der Waals surface area (Å²) in [5.74, 6) is 0.114. The summed E-state index contributed by atoms with van der Waals surface area (Å²) in [6.07, 6.45) is -13.4. The van der Waals surface area contributed by atoms with E-state index in [1.54, 1.807) is 0 Å². The van der Waals surface area contributed by atoms with Gasteiger partial charge in [0.15, 0.2) is 0 Å². The van der Waals surface area contributed by atoms with Gasteiger partial charge in [0, 0.05) is 0 Å². The highest BCUT2D eigenvalue weighted by molar-refractivity contribution is 7.80. The Morgan fingerprint density at radius 1 is 0.905 bits per heavy atom. The Morgan fingerprint density at radius 3 is 1.67 bits per heavy atom. The number of thiol groups is 1. The summed E-state index contributed by atoms with van der Waals surface area (Å²) >= 11 is 3.77. The molecule has 0 saturated carbocycles. The number of hydrogen-bond acceptors (Lipinski definition) is 3. The van der Waals surface area contributed by atoms with E-state index < -0.39 is 41.3 Å². The zero-order valence-corrected chi connectivity index (χ0v) is 11.3. The van der Waals surface area contributed by atoms with E-state index in [2.05, 4.69) is 12.6 Å². The minimum atomic E-state index is -5.00. The van der Waals surface area contributed by atoms with Crippen molar-refractivity contribution in [2.75, 3.05) is 5.75 Å². The van der Waals surface area contributed by atoms with Crippen LogP contribution in [-0.4, -0.2) is 22.1 Å². The van der Waals surface area contributed by atoms with Gasteiger partial charge in [0.05, 0.1) is 17.2 Å². The fourth-order valence-corrected chi connectivity index (χ4v) is 1.93. The monoisotopic (exact) mass is 334 g/mol. The van der Waals surface area contributed by atoms with Crippen LogP contribution in [-0.2, 0) is 12.4 Å². The standard InChI is InChI=1S/C12H12F6O2S/c13-11(14,15)7-3-6(10(20)9(19)1-2-21)4-8(5-7)12(16,17)18/h3-5,9-10,19-21H,1-2H2. The highest BCUT2D eigenvalue weighted by Gasteiger charge is 2.37. The topological polar surface area (TPSA) is 40.5 Å². The highest BCUT2D eigenvalue weighted by atomic mass is 32.1. The molecule has 1 aromatic carbocycles. The molecule has 2 atom stereocenters. The molecule has 0 aliphatic rings. The number of benzene rings is 1. The van der Waals surface area contributed by atoms with Gasteiger partial charge in [-0.3, -0.25) is 0 Å². The zero-order chi connectivity index (χ0) is 16.4. The van der Waals surface area contributed by atoms with Crippen LogP contribution >= 0.6 is 12.6 Å². The number of alkyl halides is 6. The lowest BCUT2D eigenvalue weighted by molar-refractivity contribution is -0.143. The molecule has 0 fully saturated rings. The molecule has 0 saturated heterocycles. The van der Waals surface area contributed by atoms with Gasteiger partial charge in [-0.25, -0.2) is 0 Å². The maximum atomic E-state index is 12.6. The predicted molar refractivity (Wildman–Crippen MR) is 65.9 cm³/mol. The van der Waals surface area contributed by atoms with Crippen molar-refractivity contribution in [1.29, 1.82) is 0 Å². The summed E-state index contributed by atoms with van der Waals surface area (Å²) in [6.45, 7) is 0. The molecule has 120 valence electrons. The van der Waals surface area contributed by atoms with Crippen LogP contribution in [0.25, 0.3) is 0 Å². The summed E-state index contributed by atoms with van der Waals surface area (Å²) in [4.78, 5) is 0. The van der Waals surface area contributed by atoms with Crippen LogP contribution in [0.15, 0.2) is 18.2 Å². The van der Waals surface area contributed by atoms with Crippen molar-refractivity contribution in [2.45, 2.75) is 31.0 Å². The maximum Gasteiger partial charge on any atom is 0.416 e. The average Bonchev–Trinajstić information content (AvgIpc) is 2.35. The minimum Gasteiger partial charge on any atom is -0.390 e. The van der Waals surface area contributed by atoms with E-state index >= 15 is 0 Å². The number of aliphatic hydroxyl groups excluding tert-OH is 2. The van der Waals surface area contributed by atoms with Crippen LogP contribution < -0.4 is 0 Å². The van der Waals surface area contributed by atoms with Gasteiger partial charge >= 0.3 is 12.4 Å². The third-order valence-corrected chi connectivity index (χ3v) is 3.00. The molecule has 0 amide bonds. The molecule has 2 N–H and O–H groups in total. The smallest absolute Gasteiger partial charge is 0.390 e. The second kappa shape index (κ2) is 6.45. The maximum absolute atomic E-state index is 12.6. The van der Waals surface area contributed by atoms with Gasteiger partial charge in [0.2, 0.25) is 0 Å². The fraction of sp³-hybridized carbons (Fsp3) is 0.500. The first-order valence-corrected chi connectivity index (χ1v) is 6.36. The normalized spacial score (nSPS) is 15.9. The molecule has 0 aliphatic heterocycles. The van der Waals surface area contributed by atoms with E-state index in [1.165, 1.54) is 0 Å². The summed E-state index contributed by atoms with van der Waals surface area (Å²) in [6, 6.07) is 0.741. The molecular weight excluding hydrogens is 322 g/mol. The number of halogens is 6. The van der Waals surface area contributed by atoms with Crippen molar-refractivity contribution in [3.8, 4) is 0 Å². The van der Waals surface area contributed by atoms with Crippen molar-refractivity contribution >= 4 is 12.6 Å². The van der Waals surface area contributed by atoms with Gasteiger partial charge in [-0.15, -0.1) is 0 Å². The van der Waals surface area contributed by atoms with Crippen LogP contribution in [0, 0.1) is 0 Å². The average molecular weight is 334 g/mol. The van der Waals surface area contributed by atoms with Crippen molar-refractivity contribution in [1.82, 2.24) is 0 Å². The number of aliphatic hydroxyl groups is 2. The molecule has 0 radical (unpaired) electrons. The van der Waals surface area contributed by atoms with Gasteiger partial charge < -0.3 is 10.2 Å². The Kier molecular flexibility index (Phi) is 5.57. The SMILES string of the molecule is OC(CCS)C(O)c1cc(C(F)(F)F)cc(C(F)(F)F)c1. The lowest BCUT2D eigenvalue weighted by atomic mass is 9.97. The largest absolute Gasteiger partial charge is 0.416 e. The van der Waals surface area contributed by atoms with Crippen molar-refractivity contribution in [2.24, 2.45) is 0 Å². The van der Waals surface area contributed by atoms with E-state index in [0.717, 1.165) is 0 Å². The van der Waals surface area contributed by atoms with Crippen LogP contribution in [0.4, 0.5) is 26.3 Å². The fourth-order valence-electron chi connectivity index (χ4n) is 1.66. The third-order valence-electron chi connectivity index (χ3n) is 2.74. The quantitative estimate of drug-likeness (QED) is 0.583. The van der Waals surface area contributed by atoms with E-state index in [0.29, 0.717) is 12.1 Å². The lowest BCUT2D eigenvalue weighted by Crippen LogP contribution is -2.20. The van der Waals surface area contributed by atoms with Gasteiger partial charge in [0.1, 0.15) is 6.10 Å². The molecule has 0 aromatic heterocycles. The summed E-state index contributed by atoms with van der Waals surface area (Å²) in [5, 5.41) is 19.2. The van der Waals surface area contributed by atoms with Gasteiger partial charge in [0.25, 0.3) is 0 Å². The Morgan fingerprint density at radius 2 is 1.33 bits per heavy atom. The molecule has 0 heterocycles. The van der Waals surface area contributed by atoms with Gasteiger partial charge in [-0.05, 0) is 35.9 Å². The van der Waals surface area contributed by atoms with Crippen molar-refractivity contribution in [3.63, 3.8) is 0 Å². The predicted octanol–water partition coefficient (Wildman–Crippen LogP) is 3.44. The first kappa shape index (κ1) is 18.1.